The van der Waals surface area contributed by atoms with E-state index < -0.39 is 0 Å². The molecule has 0 spiro atoms. The molecule has 3 aromatic rings. The fourth-order valence-electron chi connectivity index (χ4n) is 2.39. The lowest BCUT2D eigenvalue weighted by atomic mass is 10.0. The molecule has 0 aliphatic carbocycles. The van der Waals surface area contributed by atoms with E-state index >= 15 is 0 Å². The summed E-state index contributed by atoms with van der Waals surface area (Å²) in [6.45, 7) is 2.00. The fourth-order valence-corrected chi connectivity index (χ4v) is 3.08. The number of hydrogen-bond donors (Lipinski definition) is 1. The number of aryl methyl sites for hydroxylation is 1. The lowest BCUT2D eigenvalue weighted by Crippen LogP contribution is -2.08. The van der Waals surface area contributed by atoms with Gasteiger partial charge in [0.05, 0.1) is 7.11 Å². The first kappa shape index (κ1) is 13.9. The third-order valence-electron chi connectivity index (χ3n) is 3.46. The topological polar surface area (TPSA) is 42.1 Å². The molecule has 1 N–H and O–H groups in total. The van der Waals surface area contributed by atoms with Gasteiger partial charge in [0.25, 0.3) is 5.56 Å². The van der Waals surface area contributed by atoms with Crippen molar-refractivity contribution in [1.82, 2.24) is 4.98 Å². The van der Waals surface area contributed by atoms with E-state index in [2.05, 4.69) is 20.9 Å². The van der Waals surface area contributed by atoms with E-state index in [1.54, 1.807) is 7.11 Å². The van der Waals surface area contributed by atoms with Gasteiger partial charge in [0, 0.05) is 20.9 Å². The molecule has 0 aliphatic heterocycles. The van der Waals surface area contributed by atoms with Gasteiger partial charge in [-0.3, -0.25) is 4.79 Å². The Hall–Kier alpha value is -2.07. The van der Waals surface area contributed by atoms with Gasteiger partial charge in [0.2, 0.25) is 0 Å². The van der Waals surface area contributed by atoms with E-state index in [0.717, 1.165) is 32.3 Å². The molecule has 106 valence electrons. The zero-order chi connectivity index (χ0) is 15.0. The van der Waals surface area contributed by atoms with Crippen LogP contribution in [0.4, 0.5) is 0 Å². The Labute approximate surface area is 130 Å². The molecule has 0 amide bonds. The first-order chi connectivity index (χ1) is 10.1. The van der Waals surface area contributed by atoms with Crippen LogP contribution in [-0.2, 0) is 0 Å². The fraction of sp³-hybridized carbons (Fsp3) is 0.118. The van der Waals surface area contributed by atoms with Gasteiger partial charge in [-0.2, -0.15) is 0 Å². The number of hydrogen-bond acceptors (Lipinski definition) is 2. The van der Waals surface area contributed by atoms with E-state index in [0.29, 0.717) is 5.56 Å². The monoisotopic (exact) mass is 343 g/mol. The summed E-state index contributed by atoms with van der Waals surface area (Å²) in [5, 5.41) is 0.992. The SMILES string of the molecule is COc1ccc(-c2cc3c(Br)cc(C)cc3[nH]c2=O)cc1. The number of fused-ring (bicyclic) bond motifs is 1. The highest BCUT2D eigenvalue weighted by Crippen LogP contribution is 2.27. The lowest BCUT2D eigenvalue weighted by molar-refractivity contribution is 0.415. The Kier molecular flexibility index (Phi) is 3.55. The molecule has 2 aromatic carbocycles. The number of rotatable bonds is 2. The van der Waals surface area contributed by atoms with Crippen LogP contribution in [0.1, 0.15) is 5.56 Å². The zero-order valence-electron chi connectivity index (χ0n) is 11.7. The predicted molar refractivity (Wildman–Crippen MR) is 89.0 cm³/mol. The Morgan fingerprint density at radius 1 is 1.10 bits per heavy atom. The van der Waals surface area contributed by atoms with Crippen LogP contribution < -0.4 is 10.3 Å². The van der Waals surface area contributed by atoms with Crippen LogP contribution >= 0.6 is 15.9 Å². The molecule has 0 unspecified atom stereocenters. The third kappa shape index (κ3) is 2.59. The molecule has 0 bridgehead atoms. The van der Waals surface area contributed by atoms with E-state index in [-0.39, 0.29) is 5.56 Å². The maximum Gasteiger partial charge on any atom is 0.256 e. The molecule has 1 aromatic heterocycles. The van der Waals surface area contributed by atoms with Crippen LogP contribution in [0.5, 0.6) is 5.75 Å². The summed E-state index contributed by atoms with van der Waals surface area (Å²) in [5.41, 5.74) is 3.36. The van der Waals surface area contributed by atoms with Crippen molar-refractivity contribution in [3.63, 3.8) is 0 Å². The second kappa shape index (κ2) is 5.37. The summed E-state index contributed by atoms with van der Waals surface area (Å²) < 4.78 is 6.12. The van der Waals surface area contributed by atoms with Crippen LogP contribution in [0, 0.1) is 6.92 Å². The minimum atomic E-state index is -0.0924. The molecule has 1 heterocycles. The summed E-state index contributed by atoms with van der Waals surface area (Å²) in [7, 11) is 1.62. The number of aromatic amines is 1. The highest BCUT2D eigenvalue weighted by Gasteiger charge is 2.08. The third-order valence-corrected chi connectivity index (χ3v) is 4.11. The molecule has 4 heteroatoms. The van der Waals surface area contributed by atoms with Gasteiger partial charge in [0.1, 0.15) is 5.75 Å². The molecule has 0 saturated carbocycles. The van der Waals surface area contributed by atoms with Crippen molar-refractivity contribution < 1.29 is 4.74 Å². The van der Waals surface area contributed by atoms with Crippen molar-refractivity contribution >= 4 is 26.8 Å². The smallest absolute Gasteiger partial charge is 0.256 e. The van der Waals surface area contributed by atoms with Gasteiger partial charge in [-0.25, -0.2) is 0 Å². The minimum absolute atomic E-state index is 0.0924. The summed E-state index contributed by atoms with van der Waals surface area (Å²) >= 11 is 3.56. The number of methoxy groups -OCH3 is 1. The molecule has 21 heavy (non-hydrogen) atoms. The standard InChI is InChI=1S/C17H14BrNO2/c1-10-7-15(18)14-9-13(17(20)19-16(14)8-10)11-3-5-12(21-2)6-4-11/h3-9H,1-2H3,(H,19,20). The Bertz CT molecular complexity index is 866. The van der Waals surface area contributed by atoms with Gasteiger partial charge in [-0.1, -0.05) is 28.1 Å². The average molecular weight is 344 g/mol. The van der Waals surface area contributed by atoms with E-state index in [4.69, 9.17) is 4.74 Å². The minimum Gasteiger partial charge on any atom is -0.497 e. The molecular weight excluding hydrogens is 330 g/mol. The van der Waals surface area contributed by atoms with Crippen LogP contribution in [-0.4, -0.2) is 12.1 Å². The molecule has 0 saturated heterocycles. The van der Waals surface area contributed by atoms with Crippen molar-refractivity contribution in [2.24, 2.45) is 0 Å². The van der Waals surface area contributed by atoms with Gasteiger partial charge in [-0.15, -0.1) is 0 Å². The molecule has 3 rings (SSSR count). The average Bonchev–Trinajstić information content (AvgIpc) is 2.46. The molecule has 0 fully saturated rings. The normalized spacial score (nSPS) is 10.8. The Balaban J connectivity index is 2.22. The maximum absolute atomic E-state index is 12.3. The molecule has 0 atom stereocenters. The molecule has 0 aliphatic rings. The van der Waals surface area contributed by atoms with Crippen molar-refractivity contribution in [2.75, 3.05) is 7.11 Å². The number of ether oxygens (including phenoxy) is 1. The summed E-state index contributed by atoms with van der Waals surface area (Å²) in [5.74, 6) is 0.771. The van der Waals surface area contributed by atoms with Gasteiger partial charge in [0.15, 0.2) is 0 Å². The van der Waals surface area contributed by atoms with E-state index in [1.165, 1.54) is 0 Å². The van der Waals surface area contributed by atoms with Crippen LogP contribution in [0.25, 0.3) is 22.0 Å². The number of aromatic nitrogens is 1. The second-order valence-corrected chi connectivity index (χ2v) is 5.80. The van der Waals surface area contributed by atoms with Gasteiger partial charge >= 0.3 is 0 Å². The highest BCUT2D eigenvalue weighted by molar-refractivity contribution is 9.10. The maximum atomic E-state index is 12.3. The largest absolute Gasteiger partial charge is 0.497 e. The van der Waals surface area contributed by atoms with Crippen LogP contribution in [0.15, 0.2) is 51.7 Å². The lowest BCUT2D eigenvalue weighted by Gasteiger charge is -2.07. The molecular formula is C17H14BrNO2. The summed E-state index contributed by atoms with van der Waals surface area (Å²) in [6, 6.07) is 13.4. The van der Waals surface area contributed by atoms with Crippen molar-refractivity contribution in [3.8, 4) is 16.9 Å². The number of halogens is 1. The number of pyridine rings is 1. The number of benzene rings is 2. The van der Waals surface area contributed by atoms with Crippen LogP contribution in [0.2, 0.25) is 0 Å². The van der Waals surface area contributed by atoms with E-state index in [9.17, 15) is 4.79 Å². The van der Waals surface area contributed by atoms with E-state index in [1.807, 2.05) is 49.4 Å². The zero-order valence-corrected chi connectivity index (χ0v) is 13.3. The summed E-state index contributed by atoms with van der Waals surface area (Å²) in [4.78, 5) is 15.3. The molecule has 3 nitrogen and oxygen atoms in total. The van der Waals surface area contributed by atoms with Gasteiger partial charge in [-0.05, 0) is 48.4 Å². The Morgan fingerprint density at radius 2 is 1.81 bits per heavy atom. The number of nitrogens with one attached hydrogen (secondary N) is 1. The van der Waals surface area contributed by atoms with Crippen molar-refractivity contribution in [2.45, 2.75) is 6.92 Å². The van der Waals surface area contributed by atoms with Crippen LogP contribution in [0.3, 0.4) is 0 Å². The highest BCUT2D eigenvalue weighted by atomic mass is 79.9. The Morgan fingerprint density at radius 3 is 2.48 bits per heavy atom. The quantitative estimate of drug-likeness (QED) is 0.754. The molecule has 0 radical (unpaired) electrons. The first-order valence-corrected chi connectivity index (χ1v) is 7.35. The second-order valence-electron chi connectivity index (χ2n) is 4.95. The van der Waals surface area contributed by atoms with Crippen molar-refractivity contribution in [3.05, 3.63) is 62.9 Å². The predicted octanol–water partition coefficient (Wildman–Crippen LogP) is 4.27. The van der Waals surface area contributed by atoms with Crippen molar-refractivity contribution in [1.29, 1.82) is 0 Å². The summed E-state index contributed by atoms with van der Waals surface area (Å²) in [6.07, 6.45) is 0. The number of H-pyrrole nitrogens is 1. The van der Waals surface area contributed by atoms with Gasteiger partial charge < -0.3 is 9.72 Å². The first-order valence-electron chi connectivity index (χ1n) is 6.56.